The maximum Gasteiger partial charge on any atom is -0.0169 e. The summed E-state index contributed by atoms with van der Waals surface area (Å²) in [6.07, 6.45) is 16.6. The molecule has 0 N–H and O–H groups in total. The summed E-state index contributed by atoms with van der Waals surface area (Å²) in [5.41, 5.74) is 0. The van der Waals surface area contributed by atoms with Gasteiger partial charge in [0.15, 0.2) is 0 Å². The van der Waals surface area contributed by atoms with Crippen LogP contribution in [0.1, 0.15) is 52.4 Å². The first kappa shape index (κ1) is 11.5. The summed E-state index contributed by atoms with van der Waals surface area (Å²) >= 11 is 0. The van der Waals surface area contributed by atoms with Crippen LogP contribution in [0.5, 0.6) is 0 Å². The highest BCUT2D eigenvalue weighted by atomic mass is 13.8. The maximum atomic E-state index is 2.29. The number of hydrogen-bond donors (Lipinski definition) is 0. The highest BCUT2D eigenvalue weighted by molar-refractivity contribution is 4.92. The number of rotatable bonds is 7. The van der Waals surface area contributed by atoms with Gasteiger partial charge in [-0.05, 0) is 19.3 Å². The van der Waals surface area contributed by atoms with Crippen molar-refractivity contribution in [2.24, 2.45) is 0 Å². The van der Waals surface area contributed by atoms with Crippen LogP contribution in [0.25, 0.3) is 0 Å². The van der Waals surface area contributed by atoms with Crippen LogP contribution in [0, 0.1) is 0 Å². The van der Waals surface area contributed by atoms with Gasteiger partial charge in [-0.3, -0.25) is 0 Å². The van der Waals surface area contributed by atoms with Crippen molar-refractivity contribution in [1.29, 1.82) is 0 Å². The van der Waals surface area contributed by atoms with Gasteiger partial charge in [0.1, 0.15) is 0 Å². The largest absolute Gasteiger partial charge is 0.0882 e. The minimum atomic E-state index is 1.11. The minimum absolute atomic E-state index is 1.11. The van der Waals surface area contributed by atoms with Crippen molar-refractivity contribution in [1.82, 2.24) is 0 Å². The summed E-state index contributed by atoms with van der Waals surface area (Å²) in [6, 6.07) is 0. The van der Waals surface area contributed by atoms with Crippen LogP contribution >= 0.6 is 0 Å². The fourth-order valence-electron chi connectivity index (χ4n) is 0.995. The number of hydrogen-bond acceptors (Lipinski definition) is 0. The molecule has 70 valence electrons. The lowest BCUT2D eigenvalue weighted by atomic mass is 10.2. The van der Waals surface area contributed by atoms with E-state index < -0.39 is 0 Å². The molecule has 0 rings (SSSR count). The van der Waals surface area contributed by atoms with Crippen molar-refractivity contribution in [2.45, 2.75) is 52.4 Å². The molecule has 0 nitrogen and oxygen atoms in total. The molecule has 0 atom stereocenters. The molecule has 0 aliphatic heterocycles. The summed E-state index contributed by atoms with van der Waals surface area (Å²) in [4.78, 5) is 0. The molecule has 0 aromatic heterocycles. The van der Waals surface area contributed by atoms with Gasteiger partial charge in [-0.25, -0.2) is 0 Å². The summed E-state index contributed by atoms with van der Waals surface area (Å²) in [5.74, 6) is 0. The van der Waals surface area contributed by atoms with Crippen molar-refractivity contribution in [3.05, 3.63) is 24.3 Å². The van der Waals surface area contributed by atoms with Gasteiger partial charge >= 0.3 is 0 Å². The van der Waals surface area contributed by atoms with Gasteiger partial charge in [-0.1, -0.05) is 57.4 Å². The van der Waals surface area contributed by atoms with E-state index in [-0.39, 0.29) is 0 Å². The van der Waals surface area contributed by atoms with Crippen molar-refractivity contribution < 1.29 is 0 Å². The Morgan fingerprint density at radius 2 is 1.42 bits per heavy atom. The van der Waals surface area contributed by atoms with E-state index in [1.54, 1.807) is 0 Å². The highest BCUT2D eigenvalue weighted by Gasteiger charge is 1.77. The Hall–Kier alpha value is -0.520. The molecule has 0 saturated carbocycles. The Balaban J connectivity index is 3.12. The molecule has 0 aromatic carbocycles. The zero-order valence-electron chi connectivity index (χ0n) is 8.55. The average Bonchev–Trinajstić information content (AvgIpc) is 2.10. The summed E-state index contributed by atoms with van der Waals surface area (Å²) in [5, 5.41) is 0. The fourth-order valence-corrected chi connectivity index (χ4v) is 0.995. The summed E-state index contributed by atoms with van der Waals surface area (Å²) in [7, 11) is 0. The van der Waals surface area contributed by atoms with Crippen molar-refractivity contribution in [3.63, 3.8) is 0 Å². The SMILES string of the molecule is CCC/C=C/C/C=C/CCCC. The molecule has 0 unspecified atom stereocenters. The van der Waals surface area contributed by atoms with E-state index in [1.807, 2.05) is 0 Å². The molecular weight excluding hydrogens is 144 g/mol. The van der Waals surface area contributed by atoms with Crippen molar-refractivity contribution in [3.8, 4) is 0 Å². The third-order valence-corrected chi connectivity index (χ3v) is 1.79. The standard InChI is InChI=1S/C12H22/c1-3-5-7-9-11-12-10-8-6-4-2/h7,9-10,12H,3-6,8,11H2,1-2H3/b9-7+,12-10+. The first-order valence-electron chi connectivity index (χ1n) is 5.21. The second-order valence-electron chi connectivity index (χ2n) is 3.11. The van der Waals surface area contributed by atoms with E-state index in [2.05, 4.69) is 38.2 Å². The van der Waals surface area contributed by atoms with Crippen LogP contribution in [-0.4, -0.2) is 0 Å². The Labute approximate surface area is 77.4 Å². The van der Waals surface area contributed by atoms with Crippen molar-refractivity contribution in [2.75, 3.05) is 0 Å². The van der Waals surface area contributed by atoms with Crippen LogP contribution in [0.2, 0.25) is 0 Å². The lowest BCUT2D eigenvalue weighted by molar-refractivity contribution is 0.813. The molecule has 0 aliphatic rings. The normalized spacial score (nSPS) is 11.8. The molecule has 0 spiro atoms. The Morgan fingerprint density at radius 3 is 2.00 bits per heavy atom. The Bertz CT molecular complexity index is 120. The molecule has 0 bridgehead atoms. The summed E-state index contributed by atoms with van der Waals surface area (Å²) < 4.78 is 0. The van der Waals surface area contributed by atoms with Gasteiger partial charge in [0.25, 0.3) is 0 Å². The van der Waals surface area contributed by atoms with Crippen LogP contribution in [0.15, 0.2) is 24.3 Å². The maximum absolute atomic E-state index is 2.29. The fraction of sp³-hybridized carbons (Fsp3) is 0.667. The van der Waals surface area contributed by atoms with E-state index >= 15 is 0 Å². The average molecular weight is 166 g/mol. The van der Waals surface area contributed by atoms with E-state index in [1.165, 1.54) is 32.1 Å². The van der Waals surface area contributed by atoms with E-state index in [0.717, 1.165) is 6.42 Å². The first-order chi connectivity index (χ1) is 5.91. The third kappa shape index (κ3) is 9.48. The molecule has 0 fully saturated rings. The number of unbranched alkanes of at least 4 members (excludes halogenated alkanes) is 3. The van der Waals surface area contributed by atoms with Gasteiger partial charge in [0, 0.05) is 0 Å². The smallest absolute Gasteiger partial charge is 0.0169 e. The zero-order valence-corrected chi connectivity index (χ0v) is 8.55. The van der Waals surface area contributed by atoms with E-state index in [9.17, 15) is 0 Å². The Kier molecular flexibility index (Phi) is 10.0. The number of allylic oxidation sites excluding steroid dienone is 4. The lowest BCUT2D eigenvalue weighted by Gasteiger charge is -1.87. The molecule has 0 radical (unpaired) electrons. The lowest BCUT2D eigenvalue weighted by Crippen LogP contribution is -1.67. The molecule has 12 heavy (non-hydrogen) atoms. The molecule has 0 heterocycles. The first-order valence-corrected chi connectivity index (χ1v) is 5.21. The second-order valence-corrected chi connectivity index (χ2v) is 3.11. The predicted molar refractivity (Wildman–Crippen MR) is 57.3 cm³/mol. The zero-order chi connectivity index (χ0) is 9.07. The molecule has 0 heteroatoms. The van der Waals surface area contributed by atoms with E-state index in [4.69, 9.17) is 0 Å². The van der Waals surface area contributed by atoms with Crippen LogP contribution in [0.4, 0.5) is 0 Å². The van der Waals surface area contributed by atoms with E-state index in [0.29, 0.717) is 0 Å². The topological polar surface area (TPSA) is 0 Å². The summed E-state index contributed by atoms with van der Waals surface area (Å²) in [6.45, 7) is 4.44. The van der Waals surface area contributed by atoms with Gasteiger partial charge in [0.05, 0.1) is 0 Å². The Morgan fingerprint density at radius 1 is 0.750 bits per heavy atom. The quantitative estimate of drug-likeness (QED) is 0.386. The molecule has 0 aliphatic carbocycles. The second kappa shape index (κ2) is 10.5. The monoisotopic (exact) mass is 166 g/mol. The highest BCUT2D eigenvalue weighted by Crippen LogP contribution is 1.97. The van der Waals surface area contributed by atoms with Gasteiger partial charge in [-0.2, -0.15) is 0 Å². The van der Waals surface area contributed by atoms with Gasteiger partial charge < -0.3 is 0 Å². The van der Waals surface area contributed by atoms with Crippen LogP contribution in [-0.2, 0) is 0 Å². The molecule has 0 amide bonds. The molecule has 0 saturated heterocycles. The molecule has 0 aromatic rings. The van der Waals surface area contributed by atoms with Crippen LogP contribution < -0.4 is 0 Å². The van der Waals surface area contributed by atoms with Crippen molar-refractivity contribution >= 4 is 0 Å². The third-order valence-electron chi connectivity index (χ3n) is 1.79. The predicted octanol–water partition coefficient (Wildman–Crippen LogP) is 4.48. The minimum Gasteiger partial charge on any atom is -0.0882 e. The van der Waals surface area contributed by atoms with Crippen LogP contribution in [0.3, 0.4) is 0 Å². The van der Waals surface area contributed by atoms with Gasteiger partial charge in [0.2, 0.25) is 0 Å². The van der Waals surface area contributed by atoms with Gasteiger partial charge in [-0.15, -0.1) is 0 Å². The molecular formula is C12H22.